The molecule has 0 aliphatic carbocycles. The van der Waals surface area contributed by atoms with Gasteiger partial charge >= 0.3 is 5.97 Å². The highest BCUT2D eigenvalue weighted by atomic mass is 35.5. The Bertz CT molecular complexity index is 86.6. The van der Waals surface area contributed by atoms with Crippen LogP contribution in [0.5, 0.6) is 0 Å². The first-order chi connectivity index (χ1) is 3.66. The van der Waals surface area contributed by atoms with E-state index in [2.05, 4.69) is 10.7 Å². The first-order valence-corrected chi connectivity index (χ1v) is 2.21. The van der Waals surface area contributed by atoms with Crippen LogP contribution in [0.25, 0.3) is 0 Å². The Balaban J connectivity index is 0. The molecular formula is C4H11ClN2O2. The second-order valence-electron chi connectivity index (χ2n) is 1.73. The smallest absolute Gasteiger partial charge is 0.338 e. The number of nitrogens with two attached hydrogens (primary N) is 1. The summed E-state index contributed by atoms with van der Waals surface area (Å²) >= 11 is 0. The van der Waals surface area contributed by atoms with Crippen LogP contribution in [0.1, 0.15) is 0 Å². The van der Waals surface area contributed by atoms with Gasteiger partial charge in [-0.3, -0.25) is 4.90 Å². The van der Waals surface area contributed by atoms with Crippen LogP contribution in [0.4, 0.5) is 0 Å². The average molecular weight is 155 g/mol. The molecule has 0 saturated carbocycles. The summed E-state index contributed by atoms with van der Waals surface area (Å²) < 4.78 is 0. The molecule has 0 rings (SSSR count). The van der Waals surface area contributed by atoms with Crippen molar-refractivity contribution in [3.8, 4) is 0 Å². The molecule has 0 aromatic heterocycles. The zero-order valence-electron chi connectivity index (χ0n) is 5.46. The van der Waals surface area contributed by atoms with Crippen LogP contribution in [0.2, 0.25) is 0 Å². The van der Waals surface area contributed by atoms with E-state index in [0.717, 1.165) is 0 Å². The van der Waals surface area contributed by atoms with Gasteiger partial charge in [0, 0.05) is 0 Å². The van der Waals surface area contributed by atoms with Gasteiger partial charge in [-0.25, -0.2) is 4.79 Å². The Morgan fingerprint density at radius 2 is 2.11 bits per heavy atom. The van der Waals surface area contributed by atoms with Gasteiger partial charge in [0.05, 0.1) is 6.54 Å². The summed E-state index contributed by atoms with van der Waals surface area (Å²) in [6, 6.07) is 0. The number of halogens is 1. The molecular weight excluding hydrogens is 144 g/mol. The Morgan fingerprint density at radius 1 is 1.67 bits per heavy atom. The van der Waals surface area contributed by atoms with Gasteiger partial charge < -0.3 is 4.84 Å². The molecule has 0 amide bonds. The van der Waals surface area contributed by atoms with Crippen molar-refractivity contribution in [2.24, 2.45) is 5.90 Å². The fourth-order valence-corrected chi connectivity index (χ4v) is 0.295. The van der Waals surface area contributed by atoms with Crippen molar-refractivity contribution < 1.29 is 9.63 Å². The van der Waals surface area contributed by atoms with Crippen LogP contribution in [0.3, 0.4) is 0 Å². The molecule has 0 aliphatic heterocycles. The zero-order chi connectivity index (χ0) is 6.57. The van der Waals surface area contributed by atoms with Crippen LogP contribution >= 0.6 is 12.4 Å². The summed E-state index contributed by atoms with van der Waals surface area (Å²) in [6.45, 7) is 0.233. The minimum atomic E-state index is -0.421. The molecule has 0 aromatic carbocycles. The van der Waals surface area contributed by atoms with Gasteiger partial charge in [-0.15, -0.1) is 12.4 Å². The first-order valence-electron chi connectivity index (χ1n) is 2.21. The van der Waals surface area contributed by atoms with E-state index in [1.54, 1.807) is 19.0 Å². The lowest BCUT2D eigenvalue weighted by molar-refractivity contribution is -0.144. The van der Waals surface area contributed by atoms with Crippen molar-refractivity contribution in [3.05, 3.63) is 0 Å². The molecule has 0 aliphatic rings. The molecule has 0 bridgehead atoms. The van der Waals surface area contributed by atoms with Gasteiger partial charge in [-0.2, -0.15) is 5.90 Å². The molecule has 0 radical (unpaired) electrons. The van der Waals surface area contributed by atoms with E-state index in [0.29, 0.717) is 0 Å². The van der Waals surface area contributed by atoms with Gasteiger partial charge in [0.15, 0.2) is 0 Å². The fraction of sp³-hybridized carbons (Fsp3) is 0.750. The average Bonchev–Trinajstić information content (AvgIpc) is 1.65. The minimum Gasteiger partial charge on any atom is -0.372 e. The van der Waals surface area contributed by atoms with Crippen molar-refractivity contribution >= 4 is 18.4 Å². The molecule has 56 valence electrons. The molecule has 0 heterocycles. The minimum absolute atomic E-state index is 0. The van der Waals surface area contributed by atoms with Crippen molar-refractivity contribution in [1.29, 1.82) is 0 Å². The standard InChI is InChI=1S/C4H10N2O2.ClH/c1-6(2)3-4(7)8-5;/h3,5H2,1-2H3;1H. The summed E-state index contributed by atoms with van der Waals surface area (Å²) in [7, 11) is 3.52. The molecule has 0 unspecified atom stereocenters. The van der Waals surface area contributed by atoms with Crippen molar-refractivity contribution in [2.45, 2.75) is 0 Å². The summed E-state index contributed by atoms with van der Waals surface area (Å²) in [5.74, 6) is 4.12. The lowest BCUT2D eigenvalue weighted by Gasteiger charge is -2.04. The lowest BCUT2D eigenvalue weighted by Crippen LogP contribution is -2.25. The van der Waals surface area contributed by atoms with Crippen molar-refractivity contribution in [1.82, 2.24) is 4.90 Å². The number of hydrogen-bond acceptors (Lipinski definition) is 4. The first kappa shape index (κ1) is 11.5. The maximum Gasteiger partial charge on any atom is 0.338 e. The highest BCUT2D eigenvalue weighted by Crippen LogP contribution is 1.74. The van der Waals surface area contributed by atoms with E-state index in [4.69, 9.17) is 0 Å². The van der Waals surface area contributed by atoms with Gasteiger partial charge in [-0.05, 0) is 14.1 Å². The molecule has 9 heavy (non-hydrogen) atoms. The van der Waals surface area contributed by atoms with E-state index in [9.17, 15) is 4.79 Å². The predicted molar refractivity (Wildman–Crippen MR) is 36.1 cm³/mol. The fourth-order valence-electron chi connectivity index (χ4n) is 0.295. The quantitative estimate of drug-likeness (QED) is 0.539. The van der Waals surface area contributed by atoms with Gasteiger partial charge in [0.25, 0.3) is 0 Å². The molecule has 4 nitrogen and oxygen atoms in total. The molecule has 0 aromatic rings. The lowest BCUT2D eigenvalue weighted by atomic mass is 10.6. The largest absolute Gasteiger partial charge is 0.372 e. The van der Waals surface area contributed by atoms with E-state index in [1.165, 1.54) is 0 Å². The third-order valence-corrected chi connectivity index (χ3v) is 0.577. The normalized spacial score (nSPS) is 8.44. The third kappa shape index (κ3) is 7.68. The predicted octanol–water partition coefficient (Wildman–Crippen LogP) is -0.613. The Morgan fingerprint density at radius 3 is 2.22 bits per heavy atom. The monoisotopic (exact) mass is 154 g/mol. The Kier molecular flexibility index (Phi) is 7.41. The Labute approximate surface area is 60.3 Å². The number of nitrogens with zero attached hydrogens (tertiary/aromatic N) is 1. The second kappa shape index (κ2) is 5.81. The van der Waals surface area contributed by atoms with Crippen molar-refractivity contribution in [3.63, 3.8) is 0 Å². The van der Waals surface area contributed by atoms with E-state index in [1.807, 2.05) is 0 Å². The molecule has 0 atom stereocenters. The maximum atomic E-state index is 10.2. The van der Waals surface area contributed by atoms with Gasteiger partial charge in [-0.1, -0.05) is 0 Å². The summed E-state index contributed by atoms with van der Waals surface area (Å²) in [5, 5.41) is 0. The molecule has 5 heteroatoms. The zero-order valence-corrected chi connectivity index (χ0v) is 6.27. The third-order valence-electron chi connectivity index (χ3n) is 0.577. The van der Waals surface area contributed by atoms with Crippen LogP contribution in [0, 0.1) is 0 Å². The highest BCUT2D eigenvalue weighted by Gasteiger charge is 1.99. The topological polar surface area (TPSA) is 55.6 Å². The van der Waals surface area contributed by atoms with Crippen LogP contribution in [0.15, 0.2) is 0 Å². The number of hydrogen-bond donors (Lipinski definition) is 1. The van der Waals surface area contributed by atoms with Crippen LogP contribution in [-0.4, -0.2) is 31.5 Å². The van der Waals surface area contributed by atoms with E-state index >= 15 is 0 Å². The second-order valence-corrected chi connectivity index (χ2v) is 1.73. The Hall–Kier alpha value is -0.320. The van der Waals surface area contributed by atoms with E-state index in [-0.39, 0.29) is 19.0 Å². The number of carbonyl (C=O) groups is 1. The number of rotatable bonds is 2. The molecule has 0 spiro atoms. The molecule has 0 saturated heterocycles. The highest BCUT2D eigenvalue weighted by molar-refractivity contribution is 5.85. The molecule has 2 N–H and O–H groups in total. The summed E-state index contributed by atoms with van der Waals surface area (Å²) in [4.78, 5) is 15.8. The maximum absolute atomic E-state index is 10.2. The van der Waals surface area contributed by atoms with Crippen LogP contribution in [-0.2, 0) is 9.63 Å². The number of carbonyl (C=O) groups excluding carboxylic acids is 1. The summed E-state index contributed by atoms with van der Waals surface area (Å²) in [6.07, 6.45) is 0. The van der Waals surface area contributed by atoms with Crippen molar-refractivity contribution in [2.75, 3.05) is 20.6 Å². The van der Waals surface area contributed by atoms with Gasteiger partial charge in [0.2, 0.25) is 0 Å². The van der Waals surface area contributed by atoms with Gasteiger partial charge in [0.1, 0.15) is 0 Å². The van der Waals surface area contributed by atoms with Crippen LogP contribution < -0.4 is 5.90 Å². The number of likely N-dealkylation sites (N-methyl/N-ethyl adjacent to an activating group) is 1. The van der Waals surface area contributed by atoms with E-state index < -0.39 is 5.97 Å². The molecule has 0 fully saturated rings. The summed E-state index contributed by atoms with van der Waals surface area (Å²) in [5.41, 5.74) is 0. The SMILES string of the molecule is CN(C)CC(=O)ON.Cl.